The minimum Gasteiger partial charge on any atom is -0.493 e. The lowest BCUT2D eigenvalue weighted by Gasteiger charge is -2.14. The highest BCUT2D eigenvalue weighted by Gasteiger charge is 2.08. The number of benzene rings is 1. The van der Waals surface area contributed by atoms with E-state index in [0.717, 1.165) is 29.3 Å². The van der Waals surface area contributed by atoms with Crippen molar-refractivity contribution in [1.29, 1.82) is 0 Å². The first-order chi connectivity index (χ1) is 8.15. The zero-order chi connectivity index (χ0) is 12.7. The Labute approximate surface area is 109 Å². The molecule has 0 radical (unpaired) electrons. The molecule has 1 aromatic carbocycles. The third-order valence-electron chi connectivity index (χ3n) is 2.34. The van der Waals surface area contributed by atoms with Gasteiger partial charge in [0.2, 0.25) is 0 Å². The van der Waals surface area contributed by atoms with E-state index in [-0.39, 0.29) is 0 Å². The van der Waals surface area contributed by atoms with Gasteiger partial charge in [0.1, 0.15) is 5.75 Å². The third kappa shape index (κ3) is 4.80. The molecule has 0 fully saturated rings. The number of ether oxygens (including phenoxy) is 1. The van der Waals surface area contributed by atoms with Crippen molar-refractivity contribution in [2.24, 2.45) is 0 Å². The zero-order valence-electron chi connectivity index (χ0n) is 10.5. The molecule has 0 aliphatic carbocycles. The van der Waals surface area contributed by atoms with Gasteiger partial charge in [0.05, 0.1) is 6.61 Å². The van der Waals surface area contributed by atoms with Crippen LogP contribution in [0.3, 0.4) is 0 Å². The van der Waals surface area contributed by atoms with Crippen LogP contribution >= 0.6 is 11.6 Å². The maximum atomic E-state index is 6.19. The Morgan fingerprint density at radius 1 is 1.47 bits per heavy atom. The Morgan fingerprint density at radius 3 is 2.88 bits per heavy atom. The number of halogens is 1. The molecular formula is C14H20ClNO. The molecule has 1 N–H and O–H groups in total. The molecule has 0 aromatic heterocycles. The van der Waals surface area contributed by atoms with Gasteiger partial charge < -0.3 is 10.1 Å². The molecule has 1 aromatic rings. The highest BCUT2D eigenvalue weighted by atomic mass is 35.5. The lowest BCUT2D eigenvalue weighted by atomic mass is 10.2. The van der Waals surface area contributed by atoms with Crippen molar-refractivity contribution in [3.8, 4) is 5.75 Å². The Hall–Kier alpha value is -0.990. The highest BCUT2D eigenvalue weighted by molar-refractivity contribution is 6.31. The normalized spacial score (nSPS) is 10.6. The van der Waals surface area contributed by atoms with Crippen molar-refractivity contribution in [1.82, 2.24) is 5.32 Å². The van der Waals surface area contributed by atoms with Crippen LogP contribution in [0.15, 0.2) is 30.9 Å². The van der Waals surface area contributed by atoms with Crippen LogP contribution in [-0.4, -0.2) is 12.6 Å². The summed E-state index contributed by atoms with van der Waals surface area (Å²) in [5.41, 5.74) is 1.02. The van der Waals surface area contributed by atoms with E-state index in [2.05, 4.69) is 25.7 Å². The van der Waals surface area contributed by atoms with Crippen molar-refractivity contribution in [2.75, 3.05) is 6.61 Å². The fourth-order valence-electron chi connectivity index (χ4n) is 1.40. The maximum Gasteiger partial charge on any atom is 0.125 e. The third-order valence-corrected chi connectivity index (χ3v) is 2.70. The standard InChI is InChI=1S/C14H20ClNO/c1-4-5-9-17-14-8-6-7-13(15)12(14)10-16-11(2)3/h4,6-8,11,16H,1,5,9-10H2,2-3H3. The molecule has 2 nitrogen and oxygen atoms in total. The van der Waals surface area contributed by atoms with E-state index in [0.29, 0.717) is 12.6 Å². The predicted molar refractivity (Wildman–Crippen MR) is 73.7 cm³/mol. The minimum absolute atomic E-state index is 0.423. The monoisotopic (exact) mass is 253 g/mol. The van der Waals surface area contributed by atoms with E-state index in [9.17, 15) is 0 Å². The summed E-state index contributed by atoms with van der Waals surface area (Å²) in [5.74, 6) is 0.854. The van der Waals surface area contributed by atoms with E-state index < -0.39 is 0 Å². The SMILES string of the molecule is C=CCCOc1cccc(Cl)c1CNC(C)C. The Bertz CT molecular complexity index is 363. The molecule has 0 heterocycles. The van der Waals surface area contributed by atoms with Gasteiger partial charge in [-0.05, 0) is 18.6 Å². The van der Waals surface area contributed by atoms with Gasteiger partial charge in [-0.25, -0.2) is 0 Å². The number of hydrogen-bond donors (Lipinski definition) is 1. The Morgan fingerprint density at radius 2 is 2.24 bits per heavy atom. The van der Waals surface area contributed by atoms with Gasteiger partial charge >= 0.3 is 0 Å². The molecule has 3 heteroatoms. The Balaban J connectivity index is 2.72. The second-order valence-electron chi connectivity index (χ2n) is 4.18. The average Bonchev–Trinajstić information content (AvgIpc) is 2.28. The molecule has 0 aliphatic rings. The van der Waals surface area contributed by atoms with E-state index in [1.807, 2.05) is 24.3 Å². The first kappa shape index (κ1) is 14.1. The molecular weight excluding hydrogens is 234 g/mol. The van der Waals surface area contributed by atoms with Crippen LogP contribution in [0.2, 0.25) is 5.02 Å². The summed E-state index contributed by atoms with van der Waals surface area (Å²) in [4.78, 5) is 0. The summed E-state index contributed by atoms with van der Waals surface area (Å²) in [5, 5.41) is 4.09. The van der Waals surface area contributed by atoms with Crippen molar-refractivity contribution < 1.29 is 4.74 Å². The first-order valence-electron chi connectivity index (χ1n) is 5.89. The van der Waals surface area contributed by atoms with Crippen molar-refractivity contribution >= 4 is 11.6 Å². The van der Waals surface area contributed by atoms with Crippen LogP contribution in [0.1, 0.15) is 25.8 Å². The lowest BCUT2D eigenvalue weighted by molar-refractivity contribution is 0.320. The molecule has 1 rings (SSSR count). The van der Waals surface area contributed by atoms with Gasteiger partial charge in [0.15, 0.2) is 0 Å². The molecule has 94 valence electrons. The van der Waals surface area contributed by atoms with Gasteiger partial charge in [-0.2, -0.15) is 0 Å². The minimum atomic E-state index is 0.423. The molecule has 0 atom stereocenters. The summed E-state index contributed by atoms with van der Waals surface area (Å²) in [6.07, 6.45) is 2.68. The van der Waals surface area contributed by atoms with Crippen molar-refractivity contribution in [3.63, 3.8) is 0 Å². The Kier molecular flexibility index (Phi) is 6.09. The van der Waals surface area contributed by atoms with E-state index in [1.54, 1.807) is 0 Å². The molecule has 0 aliphatic heterocycles. The van der Waals surface area contributed by atoms with Crippen LogP contribution in [0, 0.1) is 0 Å². The molecule has 17 heavy (non-hydrogen) atoms. The molecule has 0 bridgehead atoms. The summed E-state index contributed by atoms with van der Waals surface area (Å²) >= 11 is 6.19. The largest absolute Gasteiger partial charge is 0.493 e. The van der Waals surface area contributed by atoms with Crippen LogP contribution in [0.4, 0.5) is 0 Å². The highest BCUT2D eigenvalue weighted by Crippen LogP contribution is 2.26. The van der Waals surface area contributed by atoms with Crippen LogP contribution < -0.4 is 10.1 Å². The van der Waals surface area contributed by atoms with Gasteiger partial charge in [-0.1, -0.05) is 37.6 Å². The maximum absolute atomic E-state index is 6.19. The predicted octanol–water partition coefficient (Wildman–Crippen LogP) is 3.79. The van der Waals surface area contributed by atoms with Gasteiger partial charge in [-0.15, -0.1) is 6.58 Å². The summed E-state index contributed by atoms with van der Waals surface area (Å²) in [7, 11) is 0. The lowest BCUT2D eigenvalue weighted by Crippen LogP contribution is -2.22. The van der Waals surface area contributed by atoms with Crippen LogP contribution in [-0.2, 0) is 6.54 Å². The van der Waals surface area contributed by atoms with E-state index >= 15 is 0 Å². The van der Waals surface area contributed by atoms with Gasteiger partial charge in [0, 0.05) is 23.2 Å². The van der Waals surface area contributed by atoms with Crippen LogP contribution in [0.25, 0.3) is 0 Å². The first-order valence-corrected chi connectivity index (χ1v) is 6.27. The fraction of sp³-hybridized carbons (Fsp3) is 0.429. The van der Waals surface area contributed by atoms with Crippen LogP contribution in [0.5, 0.6) is 5.75 Å². The topological polar surface area (TPSA) is 21.3 Å². The van der Waals surface area contributed by atoms with Crippen molar-refractivity contribution in [3.05, 3.63) is 41.4 Å². The molecule has 0 amide bonds. The van der Waals surface area contributed by atoms with Gasteiger partial charge in [-0.3, -0.25) is 0 Å². The molecule has 0 spiro atoms. The number of nitrogens with one attached hydrogen (secondary N) is 1. The summed E-state index contributed by atoms with van der Waals surface area (Å²) in [6, 6.07) is 6.17. The smallest absolute Gasteiger partial charge is 0.125 e. The van der Waals surface area contributed by atoms with E-state index in [1.165, 1.54) is 0 Å². The molecule has 0 saturated heterocycles. The summed E-state index contributed by atoms with van der Waals surface area (Å²) in [6.45, 7) is 9.25. The number of hydrogen-bond acceptors (Lipinski definition) is 2. The van der Waals surface area contributed by atoms with Gasteiger partial charge in [0.25, 0.3) is 0 Å². The fourth-order valence-corrected chi connectivity index (χ4v) is 1.64. The molecule has 0 saturated carbocycles. The summed E-state index contributed by atoms with van der Waals surface area (Å²) < 4.78 is 5.69. The number of rotatable bonds is 7. The molecule has 0 unspecified atom stereocenters. The quantitative estimate of drug-likeness (QED) is 0.590. The van der Waals surface area contributed by atoms with E-state index in [4.69, 9.17) is 16.3 Å². The second kappa shape index (κ2) is 7.36. The average molecular weight is 254 g/mol. The zero-order valence-corrected chi connectivity index (χ0v) is 11.3. The second-order valence-corrected chi connectivity index (χ2v) is 4.59. The van der Waals surface area contributed by atoms with Crippen molar-refractivity contribution in [2.45, 2.75) is 32.9 Å².